The summed E-state index contributed by atoms with van der Waals surface area (Å²) in [5, 5.41) is 11.0. The molecule has 3 heterocycles. The van der Waals surface area contributed by atoms with E-state index in [-0.39, 0.29) is 22.5 Å². The fourth-order valence-electron chi connectivity index (χ4n) is 3.38. The number of carbonyl (C=O) groups is 1. The van der Waals surface area contributed by atoms with Crippen molar-refractivity contribution in [3.8, 4) is 5.69 Å². The largest absolute Gasteiger partial charge is 0.441 e. The van der Waals surface area contributed by atoms with Crippen LogP contribution in [0.1, 0.15) is 22.5 Å². The normalized spacial score (nSPS) is 18.1. The number of aromatic nitrogens is 1. The highest BCUT2D eigenvalue weighted by atomic mass is 32.2. The lowest BCUT2D eigenvalue weighted by atomic mass is 10.1. The first-order valence-corrected chi connectivity index (χ1v) is 9.72. The molecule has 10 heteroatoms. The minimum atomic E-state index is -4.67. The van der Waals surface area contributed by atoms with Gasteiger partial charge in [0.15, 0.2) is 5.84 Å². The lowest BCUT2D eigenvalue weighted by Crippen LogP contribution is -2.35. The van der Waals surface area contributed by atoms with Gasteiger partial charge in [-0.3, -0.25) is 10.2 Å². The molecule has 0 saturated heterocycles. The highest BCUT2D eigenvalue weighted by Crippen LogP contribution is 2.35. The summed E-state index contributed by atoms with van der Waals surface area (Å²) >= 11 is 0.234. The van der Waals surface area contributed by atoms with E-state index in [1.165, 1.54) is 6.08 Å². The molecule has 1 aromatic carbocycles. The van der Waals surface area contributed by atoms with Gasteiger partial charge in [0.2, 0.25) is 10.2 Å². The van der Waals surface area contributed by atoms with Gasteiger partial charge in [0, 0.05) is 17.1 Å². The Morgan fingerprint density at radius 1 is 1.17 bits per heavy atom. The van der Waals surface area contributed by atoms with E-state index < -0.39 is 23.0 Å². The smallest absolute Gasteiger partial charge is 0.318 e. The topological polar surface area (TPSA) is 73.8 Å². The van der Waals surface area contributed by atoms with Crippen LogP contribution in [0.15, 0.2) is 46.0 Å². The first kappa shape index (κ1) is 20.1. The lowest BCUT2D eigenvalue weighted by Gasteiger charge is -2.20. The predicted molar refractivity (Wildman–Crippen MR) is 111 cm³/mol. The highest BCUT2D eigenvalue weighted by molar-refractivity contribution is 8.27. The third kappa shape index (κ3) is 3.26. The summed E-state index contributed by atoms with van der Waals surface area (Å²) in [6.45, 7) is 5.79. The molecule has 4 rings (SSSR count). The summed E-state index contributed by atoms with van der Waals surface area (Å²) in [5.74, 6) is -1.20. The van der Waals surface area contributed by atoms with Crippen LogP contribution in [0.4, 0.5) is 13.2 Å². The second-order valence-corrected chi connectivity index (χ2v) is 7.83. The van der Waals surface area contributed by atoms with Crippen LogP contribution >= 0.6 is 11.8 Å². The Kier molecular flexibility index (Phi) is 4.69. The Morgan fingerprint density at radius 2 is 1.87 bits per heavy atom. The van der Waals surface area contributed by atoms with Crippen molar-refractivity contribution in [3.63, 3.8) is 0 Å². The van der Waals surface area contributed by atoms with Crippen molar-refractivity contribution in [3.05, 3.63) is 58.4 Å². The van der Waals surface area contributed by atoms with E-state index in [2.05, 4.69) is 10.1 Å². The first-order valence-electron chi connectivity index (χ1n) is 8.90. The molecule has 0 spiro atoms. The molecule has 0 unspecified atom stereocenters. The molecule has 2 aromatic rings. The zero-order valence-electron chi connectivity index (χ0n) is 16.2. The number of carbonyl (C=O) groups excluding carboxylic acids is 1. The molecule has 0 saturated carbocycles. The van der Waals surface area contributed by atoms with Crippen LogP contribution in [0, 0.1) is 26.2 Å². The first-order chi connectivity index (χ1) is 14.1. The van der Waals surface area contributed by atoms with Gasteiger partial charge in [-0.1, -0.05) is 18.2 Å². The molecule has 2 aliphatic rings. The number of fused-ring (bicyclic) bond motifs is 1. The Balaban J connectivity index is 1.76. The summed E-state index contributed by atoms with van der Waals surface area (Å²) < 4.78 is 40.9. The summed E-state index contributed by atoms with van der Waals surface area (Å²) in [6, 6.07) is 9.70. The van der Waals surface area contributed by atoms with E-state index in [0.717, 1.165) is 27.6 Å². The molecule has 1 aromatic heterocycles. The molecule has 6 nitrogen and oxygen atoms in total. The van der Waals surface area contributed by atoms with E-state index >= 15 is 0 Å². The third-order valence-corrected chi connectivity index (χ3v) is 5.78. The number of thioether (sulfide) groups is 1. The van der Waals surface area contributed by atoms with Crippen molar-refractivity contribution < 1.29 is 18.0 Å². The Hall–Kier alpha value is -3.14. The molecule has 154 valence electrons. The van der Waals surface area contributed by atoms with Gasteiger partial charge in [-0.15, -0.1) is 0 Å². The van der Waals surface area contributed by atoms with Gasteiger partial charge in [-0.25, -0.2) is 0 Å². The average Bonchev–Trinajstić information content (AvgIpc) is 3.21. The van der Waals surface area contributed by atoms with Gasteiger partial charge < -0.3 is 4.57 Å². The molecule has 0 bridgehead atoms. The van der Waals surface area contributed by atoms with E-state index in [1.807, 2.05) is 55.7 Å². The molecule has 1 amide bonds. The zero-order chi connectivity index (χ0) is 21.8. The van der Waals surface area contributed by atoms with E-state index in [4.69, 9.17) is 5.41 Å². The fraction of sp³-hybridized carbons (Fsp3) is 0.200. The summed E-state index contributed by atoms with van der Waals surface area (Å²) in [4.78, 5) is 16.2. The van der Waals surface area contributed by atoms with Crippen LogP contribution in [-0.2, 0) is 4.79 Å². The molecule has 2 aliphatic heterocycles. The molecule has 0 aliphatic carbocycles. The van der Waals surface area contributed by atoms with Crippen LogP contribution in [0.2, 0.25) is 0 Å². The van der Waals surface area contributed by atoms with Crippen LogP contribution < -0.4 is 0 Å². The number of halogens is 3. The van der Waals surface area contributed by atoms with Crippen molar-refractivity contribution in [2.24, 2.45) is 10.1 Å². The van der Waals surface area contributed by atoms with Gasteiger partial charge in [0.1, 0.15) is 0 Å². The minimum Gasteiger partial charge on any atom is -0.318 e. The zero-order valence-corrected chi connectivity index (χ0v) is 17.0. The van der Waals surface area contributed by atoms with Crippen molar-refractivity contribution in [1.82, 2.24) is 9.58 Å². The molecular formula is C20H16F3N5OS. The Morgan fingerprint density at radius 3 is 2.53 bits per heavy atom. The number of benzene rings is 1. The predicted octanol–water partition coefficient (Wildman–Crippen LogP) is 4.58. The SMILES string of the molecule is Cc1ccccc1-n1c(C)cc(C=C2C(=N)N3N=C(C(F)(F)F)SC3=NC2=O)c1C. The van der Waals surface area contributed by atoms with Crippen LogP contribution in [0.5, 0.6) is 0 Å². The number of rotatable bonds is 2. The fourth-order valence-corrected chi connectivity index (χ4v) is 4.14. The van der Waals surface area contributed by atoms with Gasteiger partial charge in [0.05, 0.1) is 5.57 Å². The number of nitrogens with zero attached hydrogens (tertiary/aromatic N) is 4. The summed E-state index contributed by atoms with van der Waals surface area (Å²) in [7, 11) is 0. The maximum Gasteiger partial charge on any atom is 0.441 e. The number of amidine groups is 2. The molecule has 0 radical (unpaired) electrons. The molecule has 30 heavy (non-hydrogen) atoms. The van der Waals surface area contributed by atoms with Gasteiger partial charge in [-0.05, 0) is 61.9 Å². The Labute approximate surface area is 174 Å². The number of alkyl halides is 3. The van der Waals surface area contributed by atoms with Gasteiger partial charge >= 0.3 is 6.18 Å². The number of nitrogens with one attached hydrogen (secondary N) is 1. The summed E-state index contributed by atoms with van der Waals surface area (Å²) in [5.41, 5.74) is 4.36. The second-order valence-electron chi connectivity index (χ2n) is 6.87. The molecule has 1 N–H and O–H groups in total. The number of hydrogen-bond donors (Lipinski definition) is 1. The van der Waals surface area contributed by atoms with E-state index in [9.17, 15) is 18.0 Å². The minimum absolute atomic E-state index is 0.114. The maximum atomic E-state index is 13.0. The quantitative estimate of drug-likeness (QED) is 0.707. The number of para-hydroxylation sites is 1. The standard InChI is InChI=1S/C20H16F3N5OS/c1-10-6-4-5-7-15(10)27-11(2)8-13(12(27)3)9-14-16(24)28-19(25-17(14)29)30-18(26-28)20(21,22)23/h4-9,24H,1-3H3. The maximum absolute atomic E-state index is 13.0. The number of aryl methyl sites for hydroxylation is 2. The number of hydrogen-bond acceptors (Lipinski definition) is 4. The highest BCUT2D eigenvalue weighted by Gasteiger charge is 2.46. The molecule has 0 fully saturated rings. The molecule has 0 atom stereocenters. The van der Waals surface area contributed by atoms with Gasteiger partial charge in [-0.2, -0.15) is 28.3 Å². The van der Waals surface area contributed by atoms with Crippen LogP contribution in [-0.4, -0.2) is 37.7 Å². The number of aliphatic imine (C=N–C) groups is 1. The number of hydrazone groups is 1. The van der Waals surface area contributed by atoms with E-state index in [1.54, 1.807) is 0 Å². The average molecular weight is 431 g/mol. The van der Waals surface area contributed by atoms with Crippen molar-refractivity contribution in [2.45, 2.75) is 26.9 Å². The monoisotopic (exact) mass is 431 g/mol. The van der Waals surface area contributed by atoms with Crippen molar-refractivity contribution >= 4 is 39.8 Å². The van der Waals surface area contributed by atoms with Crippen LogP contribution in [0.3, 0.4) is 0 Å². The van der Waals surface area contributed by atoms with Gasteiger partial charge in [0.25, 0.3) is 5.91 Å². The lowest BCUT2D eigenvalue weighted by molar-refractivity contribution is -0.114. The van der Waals surface area contributed by atoms with E-state index in [0.29, 0.717) is 5.56 Å². The van der Waals surface area contributed by atoms with Crippen LogP contribution in [0.25, 0.3) is 11.8 Å². The molecular weight excluding hydrogens is 415 g/mol. The van der Waals surface area contributed by atoms with Crippen molar-refractivity contribution in [2.75, 3.05) is 0 Å². The summed E-state index contributed by atoms with van der Waals surface area (Å²) in [6.07, 6.45) is -3.19. The third-order valence-electron chi connectivity index (χ3n) is 4.82. The Bertz CT molecular complexity index is 1190. The van der Waals surface area contributed by atoms with Crippen molar-refractivity contribution in [1.29, 1.82) is 5.41 Å². The second kappa shape index (κ2) is 6.98. The number of amides is 1.